The van der Waals surface area contributed by atoms with E-state index in [-0.39, 0.29) is 29.8 Å². The molecular formula is C15H26N2O3. The van der Waals surface area contributed by atoms with E-state index in [1.165, 1.54) is 0 Å². The zero-order chi connectivity index (χ0) is 14.8. The molecule has 0 bridgehead atoms. The maximum atomic E-state index is 12.1. The molecule has 2 unspecified atom stereocenters. The molecule has 0 saturated carbocycles. The number of amides is 2. The van der Waals surface area contributed by atoms with E-state index in [1.807, 2.05) is 20.8 Å². The third-order valence-corrected chi connectivity index (χ3v) is 4.06. The molecular weight excluding hydrogens is 256 g/mol. The maximum absolute atomic E-state index is 12.1. The largest absolute Gasteiger partial charge is 0.378 e. The van der Waals surface area contributed by atoms with Crippen LogP contribution < -0.4 is 5.32 Å². The second kappa shape index (κ2) is 6.12. The molecule has 2 atom stereocenters. The van der Waals surface area contributed by atoms with Crippen LogP contribution in [0.1, 0.15) is 46.5 Å². The van der Waals surface area contributed by atoms with Crippen LogP contribution in [-0.4, -0.2) is 48.6 Å². The van der Waals surface area contributed by atoms with E-state index in [0.717, 1.165) is 32.3 Å². The number of piperazine rings is 1. The molecule has 2 rings (SSSR count). The van der Waals surface area contributed by atoms with Gasteiger partial charge in [0, 0.05) is 13.2 Å². The summed E-state index contributed by atoms with van der Waals surface area (Å²) in [6.45, 7) is 7.65. The number of nitrogens with zero attached hydrogens (tertiary/aromatic N) is 1. The first-order valence-electron chi connectivity index (χ1n) is 7.58. The number of hydrogen-bond donors (Lipinski definition) is 1. The van der Waals surface area contributed by atoms with Crippen molar-refractivity contribution < 1.29 is 14.3 Å². The molecule has 2 amide bonds. The van der Waals surface area contributed by atoms with Crippen LogP contribution in [0.5, 0.6) is 0 Å². The van der Waals surface area contributed by atoms with Crippen LogP contribution in [0.15, 0.2) is 0 Å². The Morgan fingerprint density at radius 2 is 2.10 bits per heavy atom. The predicted octanol–water partition coefficient (Wildman–Crippen LogP) is 1.32. The number of ether oxygens (including phenoxy) is 1. The van der Waals surface area contributed by atoms with Gasteiger partial charge in [0.25, 0.3) is 0 Å². The SMILES string of the molecule is CC(C)(C)C1C(=O)NCC(=O)N1CCCC1CCCO1. The highest BCUT2D eigenvalue weighted by atomic mass is 16.5. The summed E-state index contributed by atoms with van der Waals surface area (Å²) in [5, 5.41) is 2.70. The van der Waals surface area contributed by atoms with E-state index < -0.39 is 0 Å². The molecule has 20 heavy (non-hydrogen) atoms. The van der Waals surface area contributed by atoms with Crippen LogP contribution in [-0.2, 0) is 14.3 Å². The summed E-state index contributed by atoms with van der Waals surface area (Å²) in [5.41, 5.74) is -0.246. The average molecular weight is 282 g/mol. The van der Waals surface area contributed by atoms with E-state index in [1.54, 1.807) is 4.90 Å². The van der Waals surface area contributed by atoms with Crippen LogP contribution in [0.2, 0.25) is 0 Å². The summed E-state index contributed by atoms with van der Waals surface area (Å²) in [7, 11) is 0. The van der Waals surface area contributed by atoms with Crippen molar-refractivity contribution in [1.82, 2.24) is 10.2 Å². The Hall–Kier alpha value is -1.10. The smallest absolute Gasteiger partial charge is 0.243 e. The monoisotopic (exact) mass is 282 g/mol. The van der Waals surface area contributed by atoms with Crippen LogP contribution in [0.3, 0.4) is 0 Å². The molecule has 5 heteroatoms. The van der Waals surface area contributed by atoms with Crippen molar-refractivity contribution in [2.24, 2.45) is 5.41 Å². The van der Waals surface area contributed by atoms with Gasteiger partial charge >= 0.3 is 0 Å². The van der Waals surface area contributed by atoms with Crippen molar-refractivity contribution in [3.63, 3.8) is 0 Å². The van der Waals surface area contributed by atoms with Gasteiger partial charge in [0.1, 0.15) is 6.04 Å². The molecule has 0 aliphatic carbocycles. The van der Waals surface area contributed by atoms with Gasteiger partial charge in [-0.2, -0.15) is 0 Å². The molecule has 0 aromatic heterocycles. The van der Waals surface area contributed by atoms with Gasteiger partial charge < -0.3 is 15.0 Å². The van der Waals surface area contributed by atoms with E-state index in [4.69, 9.17) is 4.74 Å². The molecule has 5 nitrogen and oxygen atoms in total. The Morgan fingerprint density at radius 1 is 1.35 bits per heavy atom. The summed E-state index contributed by atoms with van der Waals surface area (Å²) in [5.74, 6) is -0.00826. The van der Waals surface area contributed by atoms with Gasteiger partial charge in [-0.3, -0.25) is 9.59 Å². The molecule has 0 aromatic carbocycles. The van der Waals surface area contributed by atoms with Gasteiger partial charge in [0.2, 0.25) is 11.8 Å². The van der Waals surface area contributed by atoms with Gasteiger partial charge in [-0.15, -0.1) is 0 Å². The first-order chi connectivity index (χ1) is 9.39. The lowest BCUT2D eigenvalue weighted by Crippen LogP contribution is -2.62. The highest BCUT2D eigenvalue weighted by Gasteiger charge is 2.41. The lowest BCUT2D eigenvalue weighted by molar-refractivity contribution is -0.150. The minimum Gasteiger partial charge on any atom is -0.378 e. The second-order valence-electron chi connectivity index (χ2n) is 6.85. The second-order valence-corrected chi connectivity index (χ2v) is 6.85. The molecule has 114 valence electrons. The number of rotatable bonds is 4. The standard InChI is InChI=1S/C15H26N2O3/c1-15(2,3)13-14(19)16-10-12(18)17(13)8-4-6-11-7-5-9-20-11/h11,13H,4-10H2,1-3H3,(H,16,19). The number of nitrogens with one attached hydrogen (secondary N) is 1. The topological polar surface area (TPSA) is 58.6 Å². The van der Waals surface area contributed by atoms with Crippen molar-refractivity contribution in [2.45, 2.75) is 58.6 Å². The molecule has 0 aromatic rings. The maximum Gasteiger partial charge on any atom is 0.243 e. The Morgan fingerprint density at radius 3 is 2.70 bits per heavy atom. The number of carbonyl (C=O) groups is 2. The van der Waals surface area contributed by atoms with Crippen LogP contribution in [0, 0.1) is 5.41 Å². The zero-order valence-corrected chi connectivity index (χ0v) is 12.8. The molecule has 0 radical (unpaired) electrons. The Labute approximate surface area is 121 Å². The van der Waals surface area contributed by atoms with Crippen LogP contribution in [0.4, 0.5) is 0 Å². The minimum absolute atomic E-state index is 0.0249. The third-order valence-electron chi connectivity index (χ3n) is 4.06. The summed E-state index contributed by atoms with van der Waals surface area (Å²) < 4.78 is 5.60. The lowest BCUT2D eigenvalue weighted by Gasteiger charge is -2.42. The fraction of sp³-hybridized carbons (Fsp3) is 0.867. The fourth-order valence-corrected chi connectivity index (χ4v) is 3.12. The predicted molar refractivity (Wildman–Crippen MR) is 76.2 cm³/mol. The summed E-state index contributed by atoms with van der Waals surface area (Å²) >= 11 is 0. The molecule has 1 N–H and O–H groups in total. The van der Waals surface area contributed by atoms with Gasteiger partial charge in [-0.05, 0) is 31.1 Å². The van der Waals surface area contributed by atoms with Gasteiger partial charge in [0.05, 0.1) is 12.6 Å². The highest BCUT2D eigenvalue weighted by molar-refractivity contribution is 5.95. The highest BCUT2D eigenvalue weighted by Crippen LogP contribution is 2.27. The Bertz CT molecular complexity index is 370. The molecule has 2 aliphatic rings. The van der Waals surface area contributed by atoms with E-state index in [0.29, 0.717) is 12.6 Å². The Kier molecular flexibility index (Phi) is 4.68. The van der Waals surface area contributed by atoms with E-state index in [2.05, 4.69) is 5.32 Å². The zero-order valence-electron chi connectivity index (χ0n) is 12.8. The van der Waals surface area contributed by atoms with Gasteiger partial charge in [0.15, 0.2) is 0 Å². The summed E-state index contributed by atoms with van der Waals surface area (Å²) in [6, 6.07) is -0.367. The quantitative estimate of drug-likeness (QED) is 0.846. The van der Waals surface area contributed by atoms with Crippen molar-refractivity contribution >= 4 is 11.8 Å². The van der Waals surface area contributed by atoms with E-state index in [9.17, 15) is 9.59 Å². The average Bonchev–Trinajstić information content (AvgIpc) is 2.85. The normalized spacial score (nSPS) is 27.9. The van der Waals surface area contributed by atoms with Crippen LogP contribution in [0.25, 0.3) is 0 Å². The Balaban J connectivity index is 1.93. The molecule has 2 saturated heterocycles. The van der Waals surface area contributed by atoms with Crippen molar-refractivity contribution in [3.05, 3.63) is 0 Å². The third kappa shape index (κ3) is 3.51. The van der Waals surface area contributed by atoms with Crippen LogP contribution >= 0.6 is 0 Å². The molecule has 2 fully saturated rings. The fourth-order valence-electron chi connectivity index (χ4n) is 3.12. The first-order valence-corrected chi connectivity index (χ1v) is 7.58. The summed E-state index contributed by atoms with van der Waals surface area (Å²) in [6.07, 6.45) is 4.48. The molecule has 2 heterocycles. The van der Waals surface area contributed by atoms with Gasteiger partial charge in [-0.25, -0.2) is 0 Å². The van der Waals surface area contributed by atoms with E-state index >= 15 is 0 Å². The summed E-state index contributed by atoms with van der Waals surface area (Å²) in [4.78, 5) is 25.9. The number of carbonyl (C=O) groups excluding carboxylic acids is 2. The first kappa shape index (κ1) is 15.3. The lowest BCUT2D eigenvalue weighted by atomic mass is 9.83. The molecule has 2 aliphatic heterocycles. The van der Waals surface area contributed by atoms with Gasteiger partial charge in [-0.1, -0.05) is 20.8 Å². The van der Waals surface area contributed by atoms with Crippen molar-refractivity contribution in [2.75, 3.05) is 19.7 Å². The minimum atomic E-state index is -0.367. The number of hydrogen-bond acceptors (Lipinski definition) is 3. The molecule has 0 spiro atoms. The van der Waals surface area contributed by atoms with Crippen molar-refractivity contribution in [3.8, 4) is 0 Å². The van der Waals surface area contributed by atoms with Crippen molar-refractivity contribution in [1.29, 1.82) is 0 Å².